The topological polar surface area (TPSA) is 68.0 Å². The number of aliphatic carboxylic acids is 1. The second-order valence-corrected chi connectivity index (χ2v) is 7.62. The van der Waals surface area contributed by atoms with Gasteiger partial charge in [-0.3, -0.25) is 4.79 Å². The van der Waals surface area contributed by atoms with Crippen molar-refractivity contribution in [3.05, 3.63) is 17.5 Å². The van der Waals surface area contributed by atoms with E-state index in [2.05, 4.69) is 23.4 Å². The van der Waals surface area contributed by atoms with Gasteiger partial charge >= 0.3 is 5.97 Å². The van der Waals surface area contributed by atoms with Crippen LogP contribution in [0.4, 0.5) is 0 Å². The van der Waals surface area contributed by atoms with Crippen LogP contribution in [0.15, 0.2) is 22.7 Å². The molecule has 1 unspecified atom stereocenters. The van der Waals surface area contributed by atoms with Crippen LogP contribution in [-0.2, 0) is 11.3 Å². The number of rotatable bonds is 8. The van der Waals surface area contributed by atoms with Gasteiger partial charge in [0, 0.05) is 11.8 Å². The molecule has 0 spiro atoms. The Morgan fingerprint density at radius 1 is 1.52 bits per heavy atom. The number of carbonyl (C=O) groups is 1. The van der Waals surface area contributed by atoms with Crippen LogP contribution in [0.1, 0.15) is 13.3 Å². The monoisotopic (exact) mass is 343 g/mol. The first-order chi connectivity index (χ1) is 10.1. The maximum Gasteiger partial charge on any atom is 0.313 e. The molecule has 21 heavy (non-hydrogen) atoms. The van der Waals surface area contributed by atoms with Crippen LogP contribution in [0, 0.1) is 0 Å². The maximum absolute atomic E-state index is 10.8. The van der Waals surface area contributed by atoms with Crippen molar-refractivity contribution in [1.82, 2.24) is 14.8 Å². The molecule has 2 aromatic rings. The lowest BCUT2D eigenvalue weighted by Crippen LogP contribution is -2.08. The van der Waals surface area contributed by atoms with Crippen LogP contribution in [0.25, 0.3) is 10.7 Å². The van der Waals surface area contributed by atoms with Gasteiger partial charge in [-0.1, -0.05) is 24.8 Å². The van der Waals surface area contributed by atoms with Gasteiger partial charge in [0.2, 0.25) is 0 Å². The molecule has 114 valence electrons. The fourth-order valence-electron chi connectivity index (χ4n) is 1.74. The average molecular weight is 343 g/mol. The van der Waals surface area contributed by atoms with Gasteiger partial charge in [0.25, 0.3) is 0 Å². The first kappa shape index (κ1) is 16.4. The number of carboxylic acid groups (broad SMARTS) is 1. The molecule has 0 saturated heterocycles. The fraction of sp³-hybridized carbons (Fsp3) is 0.462. The summed E-state index contributed by atoms with van der Waals surface area (Å²) in [5.41, 5.74) is 0. The molecule has 0 radical (unpaired) electrons. The third-order valence-corrected chi connectivity index (χ3v) is 5.80. The summed E-state index contributed by atoms with van der Waals surface area (Å²) in [6, 6.07) is 3.99. The van der Waals surface area contributed by atoms with Crippen LogP contribution in [0.2, 0.25) is 0 Å². The second-order valence-electron chi connectivity index (χ2n) is 4.45. The Morgan fingerprint density at radius 2 is 2.33 bits per heavy atom. The molecule has 0 bridgehead atoms. The number of thiophene rings is 1. The molecule has 1 atom stereocenters. The summed E-state index contributed by atoms with van der Waals surface area (Å²) in [5.74, 6) is -0.0170. The molecule has 0 aromatic carbocycles. The largest absolute Gasteiger partial charge is 0.481 e. The van der Waals surface area contributed by atoms with Crippen molar-refractivity contribution in [3.63, 3.8) is 0 Å². The Morgan fingerprint density at radius 3 is 2.95 bits per heavy atom. The molecule has 1 N–H and O–H groups in total. The summed E-state index contributed by atoms with van der Waals surface area (Å²) in [6.07, 6.45) is 3.09. The number of carboxylic acids is 1. The van der Waals surface area contributed by atoms with Crippen LogP contribution >= 0.6 is 34.9 Å². The van der Waals surface area contributed by atoms with Crippen molar-refractivity contribution < 1.29 is 9.90 Å². The van der Waals surface area contributed by atoms with Gasteiger partial charge in [0.05, 0.1) is 10.6 Å². The van der Waals surface area contributed by atoms with E-state index in [0.717, 1.165) is 23.7 Å². The standard InChI is InChI=1S/C13H17N3O2S3/c1-9(19-2)5-6-16-12(10-4-3-7-20-10)14-15-13(16)21-8-11(17)18/h3-4,7,9H,5-6,8H2,1-2H3,(H,17,18). The van der Waals surface area contributed by atoms with E-state index in [9.17, 15) is 4.79 Å². The van der Waals surface area contributed by atoms with E-state index in [1.807, 2.05) is 33.8 Å². The van der Waals surface area contributed by atoms with Crippen LogP contribution in [-0.4, -0.2) is 43.1 Å². The molecular weight excluding hydrogens is 326 g/mol. The Balaban J connectivity index is 2.22. The van der Waals surface area contributed by atoms with Crippen LogP contribution in [0.5, 0.6) is 0 Å². The van der Waals surface area contributed by atoms with Gasteiger partial charge in [-0.25, -0.2) is 0 Å². The van der Waals surface area contributed by atoms with E-state index < -0.39 is 5.97 Å². The first-order valence-corrected chi connectivity index (χ1v) is 9.61. The predicted molar refractivity (Wildman–Crippen MR) is 89.3 cm³/mol. The van der Waals surface area contributed by atoms with E-state index >= 15 is 0 Å². The van der Waals surface area contributed by atoms with Crippen molar-refractivity contribution in [1.29, 1.82) is 0 Å². The Bertz CT molecular complexity index is 584. The summed E-state index contributed by atoms with van der Waals surface area (Å²) >= 11 is 4.66. The molecule has 0 fully saturated rings. The third-order valence-electron chi connectivity index (χ3n) is 2.94. The molecule has 0 aliphatic carbocycles. The highest BCUT2D eigenvalue weighted by atomic mass is 32.2. The molecule has 0 aliphatic heterocycles. The Hall–Kier alpha value is -0.990. The molecule has 5 nitrogen and oxygen atoms in total. The minimum Gasteiger partial charge on any atom is -0.481 e. The zero-order valence-electron chi connectivity index (χ0n) is 11.9. The van der Waals surface area contributed by atoms with Crippen LogP contribution in [0.3, 0.4) is 0 Å². The number of nitrogens with zero attached hydrogens (tertiary/aromatic N) is 3. The predicted octanol–water partition coefficient (Wildman–Crippen LogP) is 3.32. The van der Waals surface area contributed by atoms with Crippen molar-refractivity contribution in [2.24, 2.45) is 0 Å². The zero-order chi connectivity index (χ0) is 15.2. The number of thioether (sulfide) groups is 2. The molecule has 2 aromatic heterocycles. The zero-order valence-corrected chi connectivity index (χ0v) is 14.3. The summed E-state index contributed by atoms with van der Waals surface area (Å²) in [7, 11) is 0. The molecule has 0 saturated carbocycles. The number of hydrogen-bond acceptors (Lipinski definition) is 6. The number of hydrogen-bond donors (Lipinski definition) is 1. The van der Waals surface area contributed by atoms with Gasteiger partial charge in [-0.2, -0.15) is 11.8 Å². The van der Waals surface area contributed by atoms with E-state index in [1.54, 1.807) is 11.3 Å². The molecule has 2 rings (SSSR count). The SMILES string of the molecule is CSC(C)CCn1c(SCC(=O)O)nnc1-c1cccs1. The van der Waals surface area contributed by atoms with E-state index in [0.29, 0.717) is 10.4 Å². The maximum atomic E-state index is 10.8. The van der Waals surface area contributed by atoms with Crippen molar-refractivity contribution >= 4 is 40.8 Å². The van der Waals surface area contributed by atoms with Crippen molar-refractivity contribution in [3.8, 4) is 10.7 Å². The molecule has 2 heterocycles. The Labute approximate surface area is 136 Å². The van der Waals surface area contributed by atoms with E-state index in [4.69, 9.17) is 5.11 Å². The summed E-state index contributed by atoms with van der Waals surface area (Å²) in [4.78, 5) is 11.8. The normalized spacial score (nSPS) is 12.5. The average Bonchev–Trinajstić information content (AvgIpc) is 3.11. The lowest BCUT2D eigenvalue weighted by atomic mass is 10.3. The third kappa shape index (κ3) is 4.49. The molecule has 0 aliphatic rings. The summed E-state index contributed by atoms with van der Waals surface area (Å²) in [5, 5.41) is 20.5. The molecular formula is C13H17N3O2S3. The molecule has 8 heteroatoms. The highest BCUT2D eigenvalue weighted by molar-refractivity contribution is 7.99. The number of aromatic nitrogens is 3. The summed E-state index contributed by atoms with van der Waals surface area (Å²) < 4.78 is 2.03. The molecule has 0 amide bonds. The van der Waals surface area contributed by atoms with Gasteiger partial charge in [0.15, 0.2) is 11.0 Å². The minimum absolute atomic E-state index is 0.000650. The van der Waals surface area contributed by atoms with Gasteiger partial charge < -0.3 is 9.67 Å². The lowest BCUT2D eigenvalue weighted by molar-refractivity contribution is -0.133. The highest BCUT2D eigenvalue weighted by Crippen LogP contribution is 2.28. The fourth-order valence-corrected chi connectivity index (χ4v) is 3.48. The first-order valence-electron chi connectivity index (χ1n) is 6.46. The van der Waals surface area contributed by atoms with Gasteiger partial charge in [0.1, 0.15) is 0 Å². The highest BCUT2D eigenvalue weighted by Gasteiger charge is 2.16. The van der Waals surface area contributed by atoms with Crippen molar-refractivity contribution in [2.45, 2.75) is 30.3 Å². The van der Waals surface area contributed by atoms with E-state index in [1.165, 1.54) is 11.8 Å². The summed E-state index contributed by atoms with van der Waals surface area (Å²) in [6.45, 7) is 2.98. The quantitative estimate of drug-likeness (QED) is 0.742. The minimum atomic E-state index is -0.843. The van der Waals surface area contributed by atoms with Crippen LogP contribution < -0.4 is 0 Å². The smallest absolute Gasteiger partial charge is 0.313 e. The van der Waals surface area contributed by atoms with Gasteiger partial charge in [-0.15, -0.1) is 21.5 Å². The lowest BCUT2D eigenvalue weighted by Gasteiger charge is -2.12. The second kappa shape index (κ2) is 7.86. The van der Waals surface area contributed by atoms with E-state index in [-0.39, 0.29) is 5.75 Å². The van der Waals surface area contributed by atoms with Gasteiger partial charge in [-0.05, 0) is 24.1 Å². The Kier molecular flexibility index (Phi) is 6.13. The van der Waals surface area contributed by atoms with Crippen molar-refractivity contribution in [2.75, 3.05) is 12.0 Å².